The molecule has 0 spiro atoms. The Bertz CT molecular complexity index is 1710. The minimum atomic E-state index is -4.49. The van der Waals surface area contributed by atoms with Crippen LogP contribution in [0.1, 0.15) is 25.0 Å². The van der Waals surface area contributed by atoms with Crippen molar-refractivity contribution in [3.63, 3.8) is 0 Å². The topological polar surface area (TPSA) is 78.7 Å². The number of carbonyl (C=O) groups is 1. The fourth-order valence-electron chi connectivity index (χ4n) is 4.94. The summed E-state index contributed by atoms with van der Waals surface area (Å²) in [5, 5.41) is 7.04. The molecule has 0 aliphatic rings. The van der Waals surface area contributed by atoms with Crippen LogP contribution in [-0.4, -0.2) is 46.4 Å². The second kappa shape index (κ2) is 10.5. The number of imidazole rings is 1. The van der Waals surface area contributed by atoms with Crippen LogP contribution >= 0.6 is 0 Å². The van der Waals surface area contributed by atoms with E-state index in [1.165, 1.54) is 12.1 Å². The lowest BCUT2D eigenvalue weighted by molar-refractivity contribution is -0.137. The highest BCUT2D eigenvalue weighted by Gasteiger charge is 2.30. The molecule has 0 aliphatic carbocycles. The second-order valence-corrected chi connectivity index (χ2v) is 9.41. The number of rotatable bonds is 9. The average Bonchev–Trinajstić information content (AvgIpc) is 3.34. The number of nitrogens with zero attached hydrogens (tertiary/aromatic N) is 3. The highest BCUT2D eigenvalue weighted by atomic mass is 19.4. The Balaban J connectivity index is 1.46. The molecule has 0 radical (unpaired) electrons. The van der Waals surface area contributed by atoms with Crippen molar-refractivity contribution in [3.05, 3.63) is 82.3 Å². The van der Waals surface area contributed by atoms with Crippen LogP contribution in [0, 0.1) is 0 Å². The molecule has 10 heteroatoms. The van der Waals surface area contributed by atoms with Crippen molar-refractivity contribution < 1.29 is 18.0 Å². The van der Waals surface area contributed by atoms with E-state index in [-0.39, 0.29) is 17.4 Å². The molecular weight excluding hydrogens is 507 g/mol. The Kier molecular flexibility index (Phi) is 7.14. The fraction of sp³-hybridized carbons (Fsp3) is 0.276. The number of aromatic nitrogens is 2. The van der Waals surface area contributed by atoms with E-state index in [1.807, 2.05) is 16.5 Å². The molecule has 202 valence electrons. The third-order valence-electron chi connectivity index (χ3n) is 6.98. The Morgan fingerprint density at radius 2 is 1.85 bits per heavy atom. The van der Waals surface area contributed by atoms with Gasteiger partial charge in [0.05, 0.1) is 33.9 Å². The van der Waals surface area contributed by atoms with Crippen molar-refractivity contribution in [2.75, 3.05) is 36.8 Å². The number of pyridine rings is 1. The van der Waals surface area contributed by atoms with Crippen LogP contribution in [0.3, 0.4) is 0 Å². The minimum Gasteiger partial charge on any atom is -0.383 e. The number of anilines is 2. The summed E-state index contributed by atoms with van der Waals surface area (Å²) in [6.07, 6.45) is -3.05. The maximum Gasteiger partial charge on any atom is 0.416 e. The van der Waals surface area contributed by atoms with Crippen molar-refractivity contribution in [3.8, 4) is 0 Å². The Hall–Kier alpha value is -4.18. The SMILES string of the molecule is CCN(CC)CCNc1ccc2ncn3c4ccc(NC(=O)Cc5cccc(C(F)(F)F)c5)cc4c(=O)c1c23. The summed E-state index contributed by atoms with van der Waals surface area (Å²) in [6, 6.07) is 13.4. The van der Waals surface area contributed by atoms with E-state index in [0.29, 0.717) is 39.7 Å². The van der Waals surface area contributed by atoms with Gasteiger partial charge in [-0.1, -0.05) is 32.0 Å². The Morgan fingerprint density at radius 1 is 1.05 bits per heavy atom. The van der Waals surface area contributed by atoms with Gasteiger partial charge < -0.3 is 15.5 Å². The lowest BCUT2D eigenvalue weighted by atomic mass is 10.1. The van der Waals surface area contributed by atoms with Crippen LogP contribution in [0.4, 0.5) is 24.5 Å². The number of fused-ring (bicyclic) bond motifs is 2. The standard InChI is InChI=1S/C29H28F3N5O2/c1-3-36(4-2)13-12-33-22-9-10-23-27-26(22)28(39)21-16-20(8-11-24(21)37(27)17-34-23)35-25(38)15-18-6-5-7-19(14-18)29(30,31)32/h5-11,14,16-17,33H,3-4,12-13,15H2,1-2H3,(H,35,38). The lowest BCUT2D eigenvalue weighted by Crippen LogP contribution is -2.28. The summed E-state index contributed by atoms with van der Waals surface area (Å²) < 4.78 is 41.0. The van der Waals surface area contributed by atoms with E-state index >= 15 is 0 Å². The van der Waals surface area contributed by atoms with Crippen molar-refractivity contribution in [1.82, 2.24) is 14.3 Å². The molecular formula is C29H28F3N5O2. The first kappa shape index (κ1) is 26.4. The first-order valence-corrected chi connectivity index (χ1v) is 12.8. The normalized spacial score (nSPS) is 12.2. The van der Waals surface area contributed by atoms with Crippen molar-refractivity contribution in [2.24, 2.45) is 0 Å². The van der Waals surface area contributed by atoms with E-state index < -0.39 is 17.6 Å². The zero-order chi connectivity index (χ0) is 27.7. The van der Waals surface area contributed by atoms with E-state index in [2.05, 4.69) is 34.4 Å². The molecule has 0 bridgehead atoms. The van der Waals surface area contributed by atoms with Crippen LogP contribution in [-0.2, 0) is 17.4 Å². The number of hydrogen-bond donors (Lipinski definition) is 2. The van der Waals surface area contributed by atoms with E-state index in [4.69, 9.17) is 0 Å². The molecule has 1 amide bonds. The molecule has 0 saturated heterocycles. The molecule has 2 aromatic heterocycles. The third kappa shape index (κ3) is 5.24. The zero-order valence-electron chi connectivity index (χ0n) is 21.6. The predicted molar refractivity (Wildman–Crippen MR) is 148 cm³/mol. The summed E-state index contributed by atoms with van der Waals surface area (Å²) in [7, 11) is 0. The van der Waals surface area contributed by atoms with Crippen molar-refractivity contribution in [2.45, 2.75) is 26.4 Å². The third-order valence-corrected chi connectivity index (χ3v) is 6.98. The van der Waals surface area contributed by atoms with Crippen molar-refractivity contribution in [1.29, 1.82) is 0 Å². The molecule has 39 heavy (non-hydrogen) atoms. The number of halogens is 3. The molecule has 0 aliphatic heterocycles. The van der Waals surface area contributed by atoms with Gasteiger partial charge in [0.1, 0.15) is 6.33 Å². The minimum absolute atomic E-state index is 0.192. The van der Waals surface area contributed by atoms with Gasteiger partial charge in [-0.25, -0.2) is 4.98 Å². The average molecular weight is 536 g/mol. The molecule has 3 aromatic carbocycles. The first-order valence-electron chi connectivity index (χ1n) is 12.8. The number of nitrogens with one attached hydrogen (secondary N) is 2. The van der Waals surface area contributed by atoms with Crippen LogP contribution in [0.25, 0.3) is 27.3 Å². The van der Waals surface area contributed by atoms with Gasteiger partial charge in [0.15, 0.2) is 5.43 Å². The highest BCUT2D eigenvalue weighted by molar-refractivity contribution is 6.07. The van der Waals surface area contributed by atoms with Gasteiger partial charge in [-0.15, -0.1) is 0 Å². The van der Waals surface area contributed by atoms with E-state index in [9.17, 15) is 22.8 Å². The number of amides is 1. The Morgan fingerprint density at radius 3 is 2.59 bits per heavy atom. The molecule has 0 atom stereocenters. The summed E-state index contributed by atoms with van der Waals surface area (Å²) in [4.78, 5) is 33.2. The van der Waals surface area contributed by atoms with Gasteiger partial charge in [0.25, 0.3) is 0 Å². The molecule has 5 aromatic rings. The zero-order valence-corrected chi connectivity index (χ0v) is 21.6. The molecule has 0 unspecified atom stereocenters. The largest absolute Gasteiger partial charge is 0.416 e. The molecule has 2 N–H and O–H groups in total. The van der Waals surface area contributed by atoms with Crippen molar-refractivity contribution >= 4 is 44.6 Å². The van der Waals surface area contributed by atoms with Crippen LogP contribution < -0.4 is 16.1 Å². The summed E-state index contributed by atoms with van der Waals surface area (Å²) >= 11 is 0. The van der Waals surface area contributed by atoms with Crippen LogP contribution in [0.15, 0.2) is 65.7 Å². The van der Waals surface area contributed by atoms with Gasteiger partial charge in [-0.05, 0) is 55.1 Å². The maximum absolute atomic E-state index is 13.8. The van der Waals surface area contributed by atoms with Crippen LogP contribution in [0.5, 0.6) is 0 Å². The molecule has 2 heterocycles. The second-order valence-electron chi connectivity index (χ2n) is 9.41. The number of alkyl halides is 3. The van der Waals surface area contributed by atoms with Gasteiger partial charge >= 0.3 is 6.18 Å². The summed E-state index contributed by atoms with van der Waals surface area (Å²) in [5.74, 6) is -0.485. The van der Waals surface area contributed by atoms with Gasteiger partial charge in [0, 0.05) is 29.9 Å². The van der Waals surface area contributed by atoms with E-state index in [1.54, 1.807) is 24.5 Å². The Labute approximate surface area is 222 Å². The summed E-state index contributed by atoms with van der Waals surface area (Å²) in [5.41, 5.74) is 2.41. The quantitative estimate of drug-likeness (QED) is 0.248. The van der Waals surface area contributed by atoms with E-state index in [0.717, 1.165) is 37.3 Å². The lowest BCUT2D eigenvalue weighted by Gasteiger charge is -2.19. The van der Waals surface area contributed by atoms with Gasteiger partial charge in [-0.3, -0.25) is 14.0 Å². The molecule has 0 fully saturated rings. The van der Waals surface area contributed by atoms with Crippen LogP contribution in [0.2, 0.25) is 0 Å². The maximum atomic E-state index is 13.8. The number of carbonyl (C=O) groups excluding carboxylic acids is 1. The molecule has 0 saturated carbocycles. The number of hydrogen-bond acceptors (Lipinski definition) is 5. The first-order chi connectivity index (χ1) is 18.7. The molecule has 5 rings (SSSR count). The summed E-state index contributed by atoms with van der Waals surface area (Å²) in [6.45, 7) is 7.58. The highest BCUT2D eigenvalue weighted by Crippen LogP contribution is 2.31. The smallest absolute Gasteiger partial charge is 0.383 e. The molecule has 7 nitrogen and oxygen atoms in total. The monoisotopic (exact) mass is 535 g/mol. The van der Waals surface area contributed by atoms with Gasteiger partial charge in [0.2, 0.25) is 5.91 Å². The number of benzene rings is 3. The predicted octanol–water partition coefficient (Wildman–Crippen LogP) is 5.39. The van der Waals surface area contributed by atoms with Gasteiger partial charge in [-0.2, -0.15) is 13.2 Å². The number of likely N-dealkylation sites (N-methyl/N-ethyl adjacent to an activating group) is 1. The fourth-order valence-corrected chi connectivity index (χ4v) is 4.94.